The van der Waals surface area contributed by atoms with Crippen molar-refractivity contribution in [3.05, 3.63) is 64.4 Å². The van der Waals surface area contributed by atoms with Gasteiger partial charge in [-0.05, 0) is 72.1 Å². The summed E-state index contributed by atoms with van der Waals surface area (Å²) in [5.41, 5.74) is 5.06. The summed E-state index contributed by atoms with van der Waals surface area (Å²) in [7, 11) is 0. The Kier molecular flexibility index (Phi) is 5.60. The number of rotatable bonds is 3. The fourth-order valence-corrected chi connectivity index (χ4v) is 4.82. The molecule has 0 amide bonds. The number of benzene rings is 2. The van der Waals surface area contributed by atoms with E-state index < -0.39 is 0 Å². The van der Waals surface area contributed by atoms with Gasteiger partial charge in [-0.25, -0.2) is 0 Å². The van der Waals surface area contributed by atoms with Crippen LogP contribution in [0.5, 0.6) is 0 Å². The number of allylic oxidation sites excluding steroid dienone is 2. The zero-order valence-corrected chi connectivity index (χ0v) is 17.4. The predicted molar refractivity (Wildman–Crippen MR) is 119 cm³/mol. The van der Waals surface area contributed by atoms with Gasteiger partial charge in [-0.1, -0.05) is 42.8 Å². The molecule has 4 heteroatoms. The third-order valence-electron chi connectivity index (χ3n) is 6.34. The lowest BCUT2D eigenvalue weighted by Gasteiger charge is -2.27. The molecule has 5 rings (SSSR count). The van der Waals surface area contributed by atoms with E-state index in [1.165, 1.54) is 0 Å². The van der Waals surface area contributed by atoms with E-state index in [4.69, 9.17) is 17.0 Å². The fraction of sp³-hybridized carbons (Fsp3) is 0.360. The molecule has 1 saturated carbocycles. The number of hydrogen-bond acceptors (Lipinski definition) is 3. The number of hydrogen-bond donors (Lipinski definition) is 2. The number of carbonyl (C=O) groups excluding carboxylic acids is 1. The number of carbonyl (C=O) groups is 1. The predicted octanol–water partition coefficient (Wildman–Crippen LogP) is 6.64. The van der Waals surface area contributed by atoms with E-state index in [1.54, 1.807) is 0 Å². The number of Topliss-reactive ketones (excluding diaryl/α,β-unsaturated/α-hetero) is 1. The molecule has 3 aliphatic carbocycles. The highest BCUT2D eigenvalue weighted by atomic mass is 35.5. The van der Waals surface area contributed by atoms with Crippen LogP contribution in [0.25, 0.3) is 16.7 Å². The summed E-state index contributed by atoms with van der Waals surface area (Å²) >= 11 is 6.03. The molecule has 150 valence electrons. The van der Waals surface area contributed by atoms with Gasteiger partial charge in [0.2, 0.25) is 0 Å². The first-order chi connectivity index (χ1) is 14.0. The van der Waals surface area contributed by atoms with Crippen LogP contribution in [0.3, 0.4) is 0 Å². The highest BCUT2D eigenvalue weighted by Gasteiger charge is 2.33. The lowest BCUT2D eigenvalue weighted by Crippen LogP contribution is -2.24. The van der Waals surface area contributed by atoms with E-state index in [2.05, 4.69) is 19.1 Å². The molecule has 2 bridgehead atoms. The molecule has 0 radical (unpaired) electrons. The molecule has 0 saturated heterocycles. The molecule has 0 spiro atoms. The number of nitrogens with one attached hydrogen (secondary N) is 1. The Balaban J connectivity index is 1.83. The van der Waals surface area contributed by atoms with Gasteiger partial charge in [0.05, 0.1) is 5.57 Å². The van der Waals surface area contributed by atoms with Crippen LogP contribution in [0.15, 0.2) is 48.2 Å². The first-order valence-corrected chi connectivity index (χ1v) is 10.8. The topological polar surface area (TPSA) is 61.1 Å². The van der Waals surface area contributed by atoms with Crippen LogP contribution in [-0.4, -0.2) is 16.6 Å². The first kappa shape index (κ1) is 19.9. The van der Waals surface area contributed by atoms with Gasteiger partial charge in [0.15, 0.2) is 5.78 Å². The van der Waals surface area contributed by atoms with Gasteiger partial charge in [-0.2, -0.15) is 0 Å². The minimum Gasteiger partial charge on any atom is -0.512 e. The molecule has 3 nitrogen and oxygen atoms in total. The number of aliphatic hydroxyl groups is 1. The van der Waals surface area contributed by atoms with E-state index in [9.17, 15) is 9.90 Å². The van der Waals surface area contributed by atoms with Crippen molar-refractivity contribution >= 4 is 28.7 Å². The molecule has 2 aromatic carbocycles. The SMILES string of the molecule is CCc1ccc(-c2ccc(Cl)cc2)cc1C1=C(O)C[C@H]2CC[C@H](CC2=N)CC1=O. The molecule has 2 N–H and O–H groups in total. The maximum atomic E-state index is 13.3. The minimum absolute atomic E-state index is 0.00538. The second-order valence-corrected chi connectivity index (χ2v) is 8.69. The number of aryl methyl sites for hydroxylation is 1. The van der Waals surface area contributed by atoms with E-state index in [-0.39, 0.29) is 23.4 Å². The molecule has 29 heavy (non-hydrogen) atoms. The van der Waals surface area contributed by atoms with Crippen molar-refractivity contribution in [2.75, 3.05) is 0 Å². The molecule has 0 aromatic heterocycles. The summed E-state index contributed by atoms with van der Waals surface area (Å²) in [6, 6.07) is 13.8. The van der Waals surface area contributed by atoms with Crippen LogP contribution in [0, 0.1) is 17.2 Å². The van der Waals surface area contributed by atoms with Gasteiger partial charge in [-0.15, -0.1) is 0 Å². The summed E-state index contributed by atoms with van der Waals surface area (Å²) in [6.45, 7) is 2.07. The molecule has 0 unspecified atom stereocenters. The van der Waals surface area contributed by atoms with Crippen molar-refractivity contribution in [2.45, 2.75) is 45.4 Å². The van der Waals surface area contributed by atoms with Gasteiger partial charge in [0.1, 0.15) is 5.76 Å². The largest absolute Gasteiger partial charge is 0.512 e. The molecule has 2 aromatic rings. The summed E-state index contributed by atoms with van der Waals surface area (Å²) in [5.74, 6) is 0.425. The van der Waals surface area contributed by atoms with Crippen molar-refractivity contribution in [3.8, 4) is 11.1 Å². The van der Waals surface area contributed by atoms with Gasteiger partial charge in [0.25, 0.3) is 0 Å². The molecule has 0 heterocycles. The third kappa shape index (κ3) is 4.02. The number of aliphatic hydroxyl groups excluding tert-OH is 1. The van der Waals surface area contributed by atoms with Crippen LogP contribution in [0.1, 0.15) is 50.2 Å². The molecule has 2 atom stereocenters. The first-order valence-electron chi connectivity index (χ1n) is 10.4. The highest BCUT2D eigenvalue weighted by molar-refractivity contribution is 6.30. The van der Waals surface area contributed by atoms with Gasteiger partial charge < -0.3 is 10.5 Å². The number of ketones is 1. The maximum Gasteiger partial charge on any atom is 0.167 e. The second kappa shape index (κ2) is 8.16. The Hall–Kier alpha value is -2.39. The van der Waals surface area contributed by atoms with E-state index in [0.717, 1.165) is 41.5 Å². The van der Waals surface area contributed by atoms with Gasteiger partial charge >= 0.3 is 0 Å². The molecule has 3 aliphatic rings. The fourth-order valence-electron chi connectivity index (χ4n) is 4.70. The van der Waals surface area contributed by atoms with Gasteiger partial charge in [0, 0.05) is 29.5 Å². The van der Waals surface area contributed by atoms with Crippen LogP contribution >= 0.6 is 11.6 Å². The standard InChI is InChI=1S/C25H26ClNO2/c1-2-16-5-6-18(17-7-9-20(26)10-8-17)13-21(16)25-23(28)12-15-3-4-19(14-24(25)29)22(27)11-15/h5-10,13,15,19,27,29H,2-4,11-12,14H2,1H3/t15-,19-/m1/s1. The van der Waals surface area contributed by atoms with Crippen molar-refractivity contribution in [1.29, 1.82) is 5.41 Å². The highest BCUT2D eigenvalue weighted by Crippen LogP contribution is 2.39. The number of halogens is 1. The Labute approximate surface area is 176 Å². The van der Waals surface area contributed by atoms with Crippen LogP contribution < -0.4 is 0 Å². The average Bonchev–Trinajstić information content (AvgIpc) is 2.78. The van der Waals surface area contributed by atoms with Crippen LogP contribution in [0.4, 0.5) is 0 Å². The van der Waals surface area contributed by atoms with E-state index in [1.807, 2.05) is 30.3 Å². The zero-order valence-electron chi connectivity index (χ0n) is 16.7. The lowest BCUT2D eigenvalue weighted by molar-refractivity contribution is -0.114. The number of fused-ring (bicyclic) bond motifs is 5. The summed E-state index contributed by atoms with van der Waals surface area (Å²) in [6.07, 6.45) is 4.11. The summed E-state index contributed by atoms with van der Waals surface area (Å²) < 4.78 is 0. The van der Waals surface area contributed by atoms with Crippen molar-refractivity contribution in [1.82, 2.24) is 0 Å². The van der Waals surface area contributed by atoms with Crippen LogP contribution in [0.2, 0.25) is 5.02 Å². The molecule has 0 aliphatic heterocycles. The van der Waals surface area contributed by atoms with Crippen molar-refractivity contribution < 1.29 is 9.90 Å². The van der Waals surface area contributed by atoms with E-state index >= 15 is 0 Å². The quantitative estimate of drug-likeness (QED) is 0.599. The van der Waals surface area contributed by atoms with Crippen LogP contribution in [-0.2, 0) is 11.2 Å². The average molecular weight is 408 g/mol. The summed E-state index contributed by atoms with van der Waals surface area (Å²) in [4.78, 5) is 13.3. The normalized spacial score (nSPS) is 22.4. The Morgan fingerprint density at radius 2 is 1.76 bits per heavy atom. The Morgan fingerprint density at radius 3 is 2.45 bits per heavy atom. The second-order valence-electron chi connectivity index (χ2n) is 8.26. The molecular formula is C25H26ClNO2. The smallest absolute Gasteiger partial charge is 0.167 e. The maximum absolute atomic E-state index is 13.3. The third-order valence-corrected chi connectivity index (χ3v) is 6.60. The summed E-state index contributed by atoms with van der Waals surface area (Å²) in [5, 5.41) is 20.0. The zero-order chi connectivity index (χ0) is 20.5. The molecule has 1 fully saturated rings. The van der Waals surface area contributed by atoms with Gasteiger partial charge in [-0.3, -0.25) is 4.79 Å². The lowest BCUT2D eigenvalue weighted by atomic mass is 9.78. The van der Waals surface area contributed by atoms with Crippen molar-refractivity contribution in [2.24, 2.45) is 11.8 Å². The monoisotopic (exact) mass is 407 g/mol. The Bertz CT molecular complexity index is 990. The minimum atomic E-state index is 0.00538. The Morgan fingerprint density at radius 1 is 1.03 bits per heavy atom. The van der Waals surface area contributed by atoms with E-state index in [0.29, 0.717) is 35.6 Å². The molecular weight excluding hydrogens is 382 g/mol. The van der Waals surface area contributed by atoms with Crippen molar-refractivity contribution in [3.63, 3.8) is 0 Å².